The fraction of sp³-hybridized carbons (Fsp3) is 0.364. The lowest BCUT2D eigenvalue weighted by Crippen LogP contribution is -2.71. The van der Waals surface area contributed by atoms with Gasteiger partial charge >= 0.3 is 5.97 Å². The smallest absolute Gasteiger partial charge is 0.341 e. The largest absolute Gasteiger partial charge is 0.477 e. The first-order valence-corrected chi connectivity index (χ1v) is 16.3. The average molecular weight is 646 g/mol. The number of rotatable bonds is 7. The minimum absolute atomic E-state index is 0.0303. The normalized spacial score (nSPS) is 21.3. The second-order valence-corrected chi connectivity index (χ2v) is 13.3. The van der Waals surface area contributed by atoms with Crippen LogP contribution in [0.3, 0.4) is 0 Å². The number of aromatic nitrogens is 1. The number of thioether (sulfide) groups is 1. The molecular formula is C33H32FN5O6S. The molecule has 1 aromatic heterocycles. The quantitative estimate of drug-likeness (QED) is 0.375. The Balaban J connectivity index is 1.04. The van der Waals surface area contributed by atoms with E-state index in [4.69, 9.17) is 0 Å². The zero-order valence-electron chi connectivity index (χ0n) is 25.1. The first kappa shape index (κ1) is 30.0. The molecule has 3 fully saturated rings. The van der Waals surface area contributed by atoms with Crippen LogP contribution in [-0.4, -0.2) is 86.5 Å². The standard InChI is InChI=1S/C33H32FN5O6S/c1-18-17-46-32-27(35-26(40)13-19-5-3-2-4-6-19)30(42)39(32)28(18)31(43)37-11-9-36(10-12-37)25-15-24-21(14-23(25)34)29(41)22(33(44)45)16-38(24)20-7-8-20/h2-6,14-16,20,27,32H,7-13,17H2,1H3,(H,35,40)(H,44,45)/t27-,32-/m1/s1. The lowest BCUT2D eigenvalue weighted by Gasteiger charge is -2.50. The third kappa shape index (κ3) is 5.21. The number of benzene rings is 2. The molecule has 0 unspecified atom stereocenters. The van der Waals surface area contributed by atoms with E-state index in [-0.39, 0.29) is 65.3 Å². The molecule has 2 saturated heterocycles. The Morgan fingerprint density at radius 1 is 1.04 bits per heavy atom. The van der Waals surface area contributed by atoms with Crippen molar-refractivity contribution in [3.05, 3.63) is 87.1 Å². The van der Waals surface area contributed by atoms with Crippen LogP contribution in [0.1, 0.15) is 41.7 Å². The van der Waals surface area contributed by atoms with E-state index < -0.39 is 23.3 Å². The highest BCUT2D eigenvalue weighted by Gasteiger charge is 2.54. The van der Waals surface area contributed by atoms with Gasteiger partial charge in [0.15, 0.2) is 0 Å². The zero-order valence-corrected chi connectivity index (χ0v) is 25.9. The third-order valence-electron chi connectivity index (χ3n) is 9.06. The lowest BCUT2D eigenvalue weighted by molar-refractivity contribution is -0.149. The van der Waals surface area contributed by atoms with Gasteiger partial charge in [0.2, 0.25) is 11.3 Å². The summed E-state index contributed by atoms with van der Waals surface area (Å²) in [4.78, 5) is 69.2. The van der Waals surface area contributed by atoms with Crippen LogP contribution in [-0.2, 0) is 20.8 Å². The van der Waals surface area contributed by atoms with Crippen molar-refractivity contribution in [1.29, 1.82) is 0 Å². The number of aromatic carboxylic acids is 1. The molecule has 7 rings (SSSR count). The Kier molecular flexibility index (Phi) is 7.58. The average Bonchev–Trinajstić information content (AvgIpc) is 3.89. The molecule has 3 aliphatic heterocycles. The number of pyridine rings is 1. The molecule has 4 aliphatic rings. The fourth-order valence-corrected chi connectivity index (χ4v) is 7.78. The predicted molar refractivity (Wildman–Crippen MR) is 170 cm³/mol. The van der Waals surface area contributed by atoms with E-state index in [0.29, 0.717) is 30.1 Å². The molecule has 11 nitrogen and oxygen atoms in total. The van der Waals surface area contributed by atoms with Crippen LogP contribution in [0.25, 0.3) is 10.9 Å². The number of anilines is 1. The van der Waals surface area contributed by atoms with Gasteiger partial charge in [0.25, 0.3) is 11.8 Å². The topological polar surface area (TPSA) is 132 Å². The number of carbonyl (C=O) groups is 4. The number of fused-ring (bicyclic) bond motifs is 2. The van der Waals surface area contributed by atoms with Crippen LogP contribution in [0, 0.1) is 5.82 Å². The Morgan fingerprint density at radius 3 is 2.43 bits per heavy atom. The van der Waals surface area contributed by atoms with Crippen LogP contribution in [0.4, 0.5) is 10.1 Å². The van der Waals surface area contributed by atoms with E-state index in [9.17, 15) is 29.1 Å². The number of nitrogens with zero attached hydrogens (tertiary/aromatic N) is 4. The predicted octanol–water partition coefficient (Wildman–Crippen LogP) is 2.74. The van der Waals surface area contributed by atoms with E-state index in [1.165, 1.54) is 22.9 Å². The van der Waals surface area contributed by atoms with Gasteiger partial charge in [-0.2, -0.15) is 0 Å². The molecule has 1 saturated carbocycles. The number of amides is 3. The maximum absolute atomic E-state index is 15.5. The van der Waals surface area contributed by atoms with Crippen molar-refractivity contribution in [3.8, 4) is 0 Å². The minimum atomic E-state index is -1.34. The maximum Gasteiger partial charge on any atom is 0.341 e. The van der Waals surface area contributed by atoms with Crippen molar-refractivity contribution in [3.63, 3.8) is 0 Å². The van der Waals surface area contributed by atoms with Crippen LogP contribution < -0.4 is 15.6 Å². The van der Waals surface area contributed by atoms with Gasteiger partial charge in [0.1, 0.15) is 28.5 Å². The lowest BCUT2D eigenvalue weighted by atomic mass is 10.0. The highest BCUT2D eigenvalue weighted by molar-refractivity contribution is 8.00. The number of nitrogens with one attached hydrogen (secondary N) is 1. The number of β-lactam (4-membered cyclic amide) rings is 1. The number of carboxylic acids is 1. The second kappa shape index (κ2) is 11.6. The van der Waals surface area contributed by atoms with Crippen LogP contribution in [0.2, 0.25) is 0 Å². The first-order valence-electron chi connectivity index (χ1n) is 15.3. The molecule has 13 heteroatoms. The number of hydrogen-bond donors (Lipinski definition) is 2. The molecule has 3 amide bonds. The zero-order chi connectivity index (χ0) is 32.3. The molecule has 46 heavy (non-hydrogen) atoms. The van der Waals surface area contributed by atoms with Crippen molar-refractivity contribution in [2.45, 2.75) is 43.6 Å². The Bertz CT molecular complexity index is 1880. The molecule has 2 N–H and O–H groups in total. The number of carboxylic acid groups (broad SMARTS) is 1. The SMILES string of the molecule is CC1=C(C(=O)N2CCN(c3cc4c(cc3F)c(=O)c(C(=O)O)cn4C3CC3)CC2)N2C(=O)[C@@H](NC(=O)Cc3ccccc3)[C@H]2SC1. The van der Waals surface area contributed by atoms with Gasteiger partial charge in [-0.15, -0.1) is 11.8 Å². The number of hydrogen-bond acceptors (Lipinski definition) is 7. The molecule has 2 aromatic carbocycles. The van der Waals surface area contributed by atoms with Crippen LogP contribution >= 0.6 is 11.8 Å². The molecule has 3 aromatic rings. The summed E-state index contributed by atoms with van der Waals surface area (Å²) in [5, 5.41) is 12.0. The number of piperazine rings is 1. The van der Waals surface area contributed by atoms with E-state index >= 15 is 4.39 Å². The van der Waals surface area contributed by atoms with Crippen molar-refractivity contribution in [2.24, 2.45) is 0 Å². The second-order valence-electron chi connectivity index (χ2n) is 12.2. The fourth-order valence-electron chi connectivity index (χ4n) is 6.49. The van der Waals surface area contributed by atoms with Gasteiger partial charge < -0.3 is 24.8 Å². The van der Waals surface area contributed by atoms with Crippen molar-refractivity contribution >= 4 is 52.0 Å². The maximum atomic E-state index is 15.5. The molecular weight excluding hydrogens is 613 g/mol. The van der Waals surface area contributed by atoms with E-state index in [2.05, 4.69) is 5.32 Å². The van der Waals surface area contributed by atoms with E-state index in [1.54, 1.807) is 15.5 Å². The molecule has 0 radical (unpaired) electrons. The molecule has 1 aliphatic carbocycles. The van der Waals surface area contributed by atoms with Gasteiger partial charge in [-0.05, 0) is 43.0 Å². The minimum Gasteiger partial charge on any atom is -0.477 e. The summed E-state index contributed by atoms with van der Waals surface area (Å²) >= 11 is 1.52. The Hall–Kier alpha value is -4.65. The van der Waals surface area contributed by atoms with Gasteiger partial charge in [0, 0.05) is 49.6 Å². The van der Waals surface area contributed by atoms with Gasteiger partial charge in [-0.3, -0.25) is 24.1 Å². The van der Waals surface area contributed by atoms with Crippen molar-refractivity contribution < 1.29 is 28.7 Å². The van der Waals surface area contributed by atoms with Crippen molar-refractivity contribution in [1.82, 2.24) is 19.7 Å². The molecule has 238 valence electrons. The monoisotopic (exact) mass is 645 g/mol. The summed E-state index contributed by atoms with van der Waals surface area (Å²) in [6.45, 7) is 3.06. The van der Waals surface area contributed by atoms with Crippen molar-refractivity contribution in [2.75, 3.05) is 36.8 Å². The van der Waals surface area contributed by atoms with Gasteiger partial charge in [0.05, 0.1) is 17.6 Å². The molecule has 4 heterocycles. The number of halogens is 1. The van der Waals surface area contributed by atoms with Gasteiger partial charge in [-0.25, -0.2) is 9.18 Å². The van der Waals surface area contributed by atoms with E-state index in [1.807, 2.05) is 42.2 Å². The number of carbonyl (C=O) groups excluding carboxylic acids is 3. The summed E-state index contributed by atoms with van der Waals surface area (Å²) in [6.07, 6.45) is 3.21. The molecule has 0 bridgehead atoms. The molecule has 0 spiro atoms. The van der Waals surface area contributed by atoms with Crippen LogP contribution in [0.5, 0.6) is 0 Å². The summed E-state index contributed by atoms with van der Waals surface area (Å²) in [7, 11) is 0. The summed E-state index contributed by atoms with van der Waals surface area (Å²) in [5.41, 5.74) is 1.65. The summed E-state index contributed by atoms with van der Waals surface area (Å²) in [5.74, 6) is -2.26. The Labute approximate surface area is 267 Å². The summed E-state index contributed by atoms with van der Waals surface area (Å²) < 4.78 is 17.2. The third-order valence-corrected chi connectivity index (χ3v) is 10.5. The van der Waals surface area contributed by atoms with Gasteiger partial charge in [-0.1, -0.05) is 30.3 Å². The summed E-state index contributed by atoms with van der Waals surface area (Å²) in [6, 6.07) is 11.4. The Morgan fingerprint density at radius 2 is 1.76 bits per heavy atom. The molecule has 2 atom stereocenters. The first-order chi connectivity index (χ1) is 22.1. The van der Waals surface area contributed by atoms with Crippen LogP contribution in [0.15, 0.2) is 64.7 Å². The highest BCUT2D eigenvalue weighted by atomic mass is 32.2. The highest BCUT2D eigenvalue weighted by Crippen LogP contribution is 2.41. The van der Waals surface area contributed by atoms with E-state index in [0.717, 1.165) is 30.0 Å².